The van der Waals surface area contributed by atoms with Crippen molar-refractivity contribution in [3.63, 3.8) is 0 Å². The Hall–Kier alpha value is -0.780. The first kappa shape index (κ1) is 16.6. The van der Waals surface area contributed by atoms with Crippen molar-refractivity contribution in [3.8, 4) is 0 Å². The minimum atomic E-state index is -2.25. The third kappa shape index (κ3) is 4.59. The van der Waals surface area contributed by atoms with Gasteiger partial charge in [-0.25, -0.2) is 4.39 Å². The molecule has 1 aliphatic heterocycles. The highest BCUT2D eigenvalue weighted by molar-refractivity contribution is 7.78. The molecule has 0 aromatic heterocycles. The van der Waals surface area contributed by atoms with Gasteiger partial charge < -0.3 is 9.45 Å². The molecule has 2 rings (SSSR count). The monoisotopic (exact) mass is 312 g/mol. The molecule has 5 heteroatoms. The van der Waals surface area contributed by atoms with Crippen LogP contribution in [0.2, 0.25) is 0 Å². The fourth-order valence-corrected chi connectivity index (χ4v) is 3.48. The van der Waals surface area contributed by atoms with Crippen LogP contribution in [0.15, 0.2) is 18.2 Å². The lowest BCUT2D eigenvalue weighted by Crippen LogP contribution is -2.33. The van der Waals surface area contributed by atoms with Gasteiger partial charge in [0.05, 0.1) is 0 Å². The molecule has 1 aromatic carbocycles. The second-order valence-corrected chi connectivity index (χ2v) is 6.63. The molecule has 1 atom stereocenters. The molecular formula is C16H23FNO2S-. The molecule has 1 aromatic rings. The van der Waals surface area contributed by atoms with Crippen molar-refractivity contribution < 1.29 is 13.2 Å². The molecule has 0 bridgehead atoms. The SMILES string of the molecule is CCCCN1CCC(c2cccc(CS(=O)[O-])c2F)CC1. The van der Waals surface area contributed by atoms with E-state index in [4.69, 9.17) is 0 Å². The number of halogens is 1. The third-order valence-electron chi connectivity index (χ3n) is 4.24. The normalized spacial score (nSPS) is 18.8. The highest BCUT2D eigenvalue weighted by atomic mass is 32.2. The van der Waals surface area contributed by atoms with Crippen molar-refractivity contribution in [2.45, 2.75) is 44.3 Å². The van der Waals surface area contributed by atoms with Gasteiger partial charge in [0, 0.05) is 5.75 Å². The van der Waals surface area contributed by atoms with Crippen LogP contribution in [-0.4, -0.2) is 33.3 Å². The molecule has 21 heavy (non-hydrogen) atoms. The van der Waals surface area contributed by atoms with E-state index in [0.29, 0.717) is 5.56 Å². The van der Waals surface area contributed by atoms with Gasteiger partial charge in [-0.15, -0.1) is 0 Å². The molecule has 0 spiro atoms. The molecule has 1 unspecified atom stereocenters. The Labute approximate surface area is 128 Å². The Morgan fingerprint density at radius 3 is 2.71 bits per heavy atom. The fourth-order valence-electron chi connectivity index (χ4n) is 3.00. The molecule has 1 saturated heterocycles. The summed E-state index contributed by atoms with van der Waals surface area (Å²) < 4.78 is 36.0. The molecule has 0 amide bonds. The van der Waals surface area contributed by atoms with Crippen LogP contribution in [0.1, 0.15) is 49.7 Å². The molecule has 0 N–H and O–H groups in total. The summed E-state index contributed by atoms with van der Waals surface area (Å²) in [6.07, 6.45) is 4.31. The van der Waals surface area contributed by atoms with Crippen LogP contribution in [0.4, 0.5) is 4.39 Å². The molecule has 0 radical (unpaired) electrons. The predicted octanol–water partition coefficient (Wildman–Crippen LogP) is 3.18. The standard InChI is InChI=1S/C16H24FNO2S/c1-2-3-9-18-10-7-13(8-11-18)15-6-4-5-14(16(15)17)12-21(19)20/h4-6,13H,2-3,7-12H2,1H3,(H,19,20)/p-1. The van der Waals surface area contributed by atoms with Crippen LogP contribution in [0.25, 0.3) is 0 Å². The van der Waals surface area contributed by atoms with Gasteiger partial charge in [0.15, 0.2) is 0 Å². The second-order valence-electron chi connectivity index (χ2n) is 5.74. The number of rotatable bonds is 6. The first-order chi connectivity index (χ1) is 10.1. The number of unbranched alkanes of at least 4 members (excludes halogenated alkanes) is 1. The van der Waals surface area contributed by atoms with Gasteiger partial charge in [-0.3, -0.25) is 4.21 Å². The van der Waals surface area contributed by atoms with Gasteiger partial charge in [-0.2, -0.15) is 0 Å². The van der Waals surface area contributed by atoms with Gasteiger partial charge in [-0.1, -0.05) is 42.6 Å². The van der Waals surface area contributed by atoms with Crippen molar-refractivity contribution in [1.29, 1.82) is 0 Å². The summed E-state index contributed by atoms with van der Waals surface area (Å²) in [5.74, 6) is -0.355. The summed E-state index contributed by atoms with van der Waals surface area (Å²) in [6, 6.07) is 5.13. The minimum absolute atomic E-state index is 0.211. The first-order valence-electron chi connectivity index (χ1n) is 7.67. The smallest absolute Gasteiger partial charge is 0.130 e. The van der Waals surface area contributed by atoms with Crippen LogP contribution in [-0.2, 0) is 16.8 Å². The van der Waals surface area contributed by atoms with E-state index in [1.54, 1.807) is 18.2 Å². The predicted molar refractivity (Wildman–Crippen MR) is 82.3 cm³/mol. The van der Waals surface area contributed by atoms with E-state index in [1.165, 1.54) is 12.8 Å². The number of hydrogen-bond donors (Lipinski definition) is 0. The highest BCUT2D eigenvalue weighted by Gasteiger charge is 2.23. The van der Waals surface area contributed by atoms with Crippen molar-refractivity contribution in [2.75, 3.05) is 19.6 Å². The molecular weight excluding hydrogens is 289 g/mol. The molecule has 0 aliphatic carbocycles. The maximum atomic E-state index is 14.4. The van der Waals surface area contributed by atoms with Crippen LogP contribution in [0.5, 0.6) is 0 Å². The van der Waals surface area contributed by atoms with E-state index in [2.05, 4.69) is 11.8 Å². The Morgan fingerprint density at radius 1 is 1.38 bits per heavy atom. The lowest BCUT2D eigenvalue weighted by molar-refractivity contribution is 0.208. The van der Waals surface area contributed by atoms with Crippen LogP contribution in [0.3, 0.4) is 0 Å². The molecule has 1 aliphatic rings. The van der Waals surface area contributed by atoms with Crippen molar-refractivity contribution in [1.82, 2.24) is 4.90 Å². The lowest BCUT2D eigenvalue weighted by atomic mass is 9.88. The van der Waals surface area contributed by atoms with Gasteiger partial charge in [0.1, 0.15) is 5.82 Å². The summed E-state index contributed by atoms with van der Waals surface area (Å²) in [6.45, 7) is 5.32. The molecule has 3 nitrogen and oxygen atoms in total. The maximum absolute atomic E-state index is 14.4. The average molecular weight is 312 g/mol. The zero-order valence-corrected chi connectivity index (χ0v) is 13.3. The van der Waals surface area contributed by atoms with Gasteiger partial charge in [-0.05, 0) is 55.9 Å². The van der Waals surface area contributed by atoms with E-state index < -0.39 is 11.1 Å². The fraction of sp³-hybridized carbons (Fsp3) is 0.625. The number of benzene rings is 1. The number of likely N-dealkylation sites (tertiary alicyclic amines) is 1. The summed E-state index contributed by atoms with van der Waals surface area (Å²) in [7, 11) is 0. The van der Waals surface area contributed by atoms with E-state index >= 15 is 0 Å². The minimum Gasteiger partial charge on any atom is -0.772 e. The Balaban J connectivity index is 2.01. The van der Waals surface area contributed by atoms with Crippen molar-refractivity contribution in [2.24, 2.45) is 0 Å². The lowest BCUT2D eigenvalue weighted by Gasteiger charge is -2.32. The van der Waals surface area contributed by atoms with Crippen LogP contribution in [0, 0.1) is 5.82 Å². The summed E-state index contributed by atoms with van der Waals surface area (Å²) in [5, 5.41) is 0. The molecule has 118 valence electrons. The zero-order valence-electron chi connectivity index (χ0n) is 12.5. The Morgan fingerprint density at radius 2 is 2.10 bits per heavy atom. The summed E-state index contributed by atoms with van der Waals surface area (Å²) in [4.78, 5) is 2.44. The Kier molecular flexibility index (Phi) is 6.33. The topological polar surface area (TPSA) is 43.4 Å². The first-order valence-corrected chi connectivity index (χ1v) is 8.91. The molecule has 1 fully saturated rings. The number of hydrogen-bond acceptors (Lipinski definition) is 3. The van der Waals surface area contributed by atoms with E-state index in [0.717, 1.165) is 32.5 Å². The average Bonchev–Trinajstić information content (AvgIpc) is 2.47. The van der Waals surface area contributed by atoms with Crippen molar-refractivity contribution in [3.05, 3.63) is 35.1 Å². The van der Waals surface area contributed by atoms with Crippen molar-refractivity contribution >= 4 is 11.1 Å². The van der Waals surface area contributed by atoms with E-state index in [9.17, 15) is 13.2 Å². The number of piperidine rings is 1. The zero-order chi connectivity index (χ0) is 15.2. The van der Waals surface area contributed by atoms with Gasteiger partial charge >= 0.3 is 0 Å². The molecule has 1 heterocycles. The molecule has 0 saturated carbocycles. The van der Waals surface area contributed by atoms with Crippen LogP contribution >= 0.6 is 0 Å². The van der Waals surface area contributed by atoms with E-state index in [-0.39, 0.29) is 23.1 Å². The van der Waals surface area contributed by atoms with Gasteiger partial charge in [0.2, 0.25) is 0 Å². The Bertz CT molecular complexity index is 487. The summed E-state index contributed by atoms with van der Waals surface area (Å²) in [5.41, 5.74) is 0.974. The van der Waals surface area contributed by atoms with Crippen LogP contribution < -0.4 is 0 Å². The summed E-state index contributed by atoms with van der Waals surface area (Å²) >= 11 is -2.25. The highest BCUT2D eigenvalue weighted by Crippen LogP contribution is 2.31. The largest absolute Gasteiger partial charge is 0.772 e. The van der Waals surface area contributed by atoms with Gasteiger partial charge in [0.25, 0.3) is 0 Å². The number of nitrogens with zero attached hydrogens (tertiary/aromatic N) is 1. The third-order valence-corrected chi connectivity index (χ3v) is 4.78. The maximum Gasteiger partial charge on any atom is 0.130 e. The second kappa shape index (κ2) is 8.01. The quantitative estimate of drug-likeness (QED) is 0.758. The van der Waals surface area contributed by atoms with E-state index in [1.807, 2.05) is 0 Å².